The molecule has 1 N–H and O–H groups in total. The second kappa shape index (κ2) is 7.55. The van der Waals surface area contributed by atoms with E-state index in [1.165, 1.54) is 0 Å². The zero-order valence-electron chi connectivity index (χ0n) is 13.1. The second-order valence-corrected chi connectivity index (χ2v) is 5.91. The fraction of sp³-hybridized carbons (Fsp3) is 0.118. The Morgan fingerprint density at radius 2 is 1.92 bits per heavy atom. The Bertz CT molecular complexity index is 894. The third-order valence-electron chi connectivity index (χ3n) is 3.33. The van der Waals surface area contributed by atoms with Crippen molar-refractivity contribution in [2.24, 2.45) is 0 Å². The van der Waals surface area contributed by atoms with E-state index in [9.17, 15) is 4.79 Å². The maximum atomic E-state index is 12.1. The Hall–Kier alpha value is -2.57. The predicted octanol–water partition coefficient (Wildman–Crippen LogP) is 4.23. The van der Waals surface area contributed by atoms with Crippen molar-refractivity contribution < 1.29 is 14.1 Å². The highest BCUT2D eigenvalue weighted by Gasteiger charge is 2.13. The van der Waals surface area contributed by atoms with Gasteiger partial charge in [0.15, 0.2) is 0 Å². The Morgan fingerprint density at radius 1 is 1.16 bits per heavy atom. The molecule has 3 aromatic rings. The summed E-state index contributed by atoms with van der Waals surface area (Å²) in [5.74, 6) is 1.04. The smallest absolute Gasteiger partial charge is 0.236 e. The molecule has 8 heteroatoms. The molecule has 0 spiro atoms. The first kappa shape index (κ1) is 17.3. The zero-order valence-corrected chi connectivity index (χ0v) is 14.6. The lowest BCUT2D eigenvalue weighted by Crippen LogP contribution is -2.14. The van der Waals surface area contributed by atoms with Gasteiger partial charge in [-0.05, 0) is 42.5 Å². The highest BCUT2D eigenvalue weighted by molar-refractivity contribution is 6.42. The number of carbonyl (C=O) groups excluding carboxylic acids is 1. The topological polar surface area (TPSA) is 77.2 Å². The molecule has 6 nitrogen and oxygen atoms in total. The number of amides is 1. The van der Waals surface area contributed by atoms with E-state index in [4.69, 9.17) is 32.5 Å². The number of hydrogen-bond acceptors (Lipinski definition) is 5. The summed E-state index contributed by atoms with van der Waals surface area (Å²) in [7, 11) is 1.59. The van der Waals surface area contributed by atoms with Crippen molar-refractivity contribution >= 4 is 34.8 Å². The van der Waals surface area contributed by atoms with Crippen LogP contribution in [0.3, 0.4) is 0 Å². The van der Waals surface area contributed by atoms with Crippen LogP contribution in [0.1, 0.15) is 5.89 Å². The monoisotopic (exact) mass is 377 g/mol. The van der Waals surface area contributed by atoms with E-state index in [1.807, 2.05) is 12.1 Å². The SMILES string of the molecule is COc1ccc(-c2noc(CC(=O)Nc3ccc(Cl)c(Cl)c3)n2)cc1. The van der Waals surface area contributed by atoms with Gasteiger partial charge in [-0.3, -0.25) is 4.79 Å². The van der Waals surface area contributed by atoms with E-state index in [2.05, 4.69) is 15.5 Å². The largest absolute Gasteiger partial charge is 0.497 e. The quantitative estimate of drug-likeness (QED) is 0.719. The number of carbonyl (C=O) groups is 1. The first-order valence-corrected chi connectivity index (χ1v) is 8.02. The molecule has 0 bridgehead atoms. The van der Waals surface area contributed by atoms with Gasteiger partial charge in [0.1, 0.15) is 12.2 Å². The minimum atomic E-state index is -0.302. The van der Waals surface area contributed by atoms with Crippen LogP contribution in [0.4, 0.5) is 5.69 Å². The fourth-order valence-corrected chi connectivity index (χ4v) is 2.40. The molecule has 0 fully saturated rings. The molecular weight excluding hydrogens is 365 g/mol. The molecule has 25 heavy (non-hydrogen) atoms. The van der Waals surface area contributed by atoms with E-state index >= 15 is 0 Å². The number of nitrogens with one attached hydrogen (secondary N) is 1. The first-order valence-electron chi connectivity index (χ1n) is 7.27. The summed E-state index contributed by atoms with van der Waals surface area (Å²) in [6, 6.07) is 12.0. The van der Waals surface area contributed by atoms with Gasteiger partial charge in [-0.25, -0.2) is 0 Å². The number of benzene rings is 2. The number of ether oxygens (including phenoxy) is 1. The van der Waals surface area contributed by atoms with Crippen LogP contribution in [-0.2, 0) is 11.2 Å². The second-order valence-electron chi connectivity index (χ2n) is 5.09. The number of hydrogen-bond donors (Lipinski definition) is 1. The van der Waals surface area contributed by atoms with Gasteiger partial charge in [0.25, 0.3) is 0 Å². The Balaban J connectivity index is 1.65. The Labute approximate surface area is 153 Å². The van der Waals surface area contributed by atoms with Gasteiger partial charge in [-0.15, -0.1) is 0 Å². The number of nitrogens with zero attached hydrogens (tertiary/aromatic N) is 2. The molecule has 0 radical (unpaired) electrons. The molecule has 128 valence electrons. The highest BCUT2D eigenvalue weighted by Crippen LogP contribution is 2.25. The van der Waals surface area contributed by atoms with Crippen LogP contribution in [0.25, 0.3) is 11.4 Å². The molecule has 0 aliphatic carbocycles. The molecule has 0 saturated heterocycles. The van der Waals surface area contributed by atoms with Crippen LogP contribution in [0.2, 0.25) is 10.0 Å². The van der Waals surface area contributed by atoms with E-state index in [0.29, 0.717) is 21.6 Å². The number of rotatable bonds is 5. The molecule has 1 heterocycles. The normalized spacial score (nSPS) is 10.5. The van der Waals surface area contributed by atoms with Crippen LogP contribution >= 0.6 is 23.2 Å². The average molecular weight is 378 g/mol. The standard InChI is InChI=1S/C17H13Cl2N3O3/c1-24-12-5-2-10(3-6-12)17-21-16(25-22-17)9-15(23)20-11-4-7-13(18)14(19)8-11/h2-8H,9H2,1H3,(H,20,23). The molecule has 2 aromatic carbocycles. The summed E-state index contributed by atoms with van der Waals surface area (Å²) in [4.78, 5) is 16.3. The van der Waals surface area contributed by atoms with Gasteiger partial charge in [0, 0.05) is 11.3 Å². The van der Waals surface area contributed by atoms with Crippen molar-refractivity contribution in [3.8, 4) is 17.1 Å². The Morgan fingerprint density at radius 3 is 2.60 bits per heavy atom. The number of anilines is 1. The van der Waals surface area contributed by atoms with Gasteiger partial charge in [0.2, 0.25) is 17.6 Å². The molecule has 0 atom stereocenters. The van der Waals surface area contributed by atoms with Gasteiger partial charge in [-0.2, -0.15) is 4.98 Å². The lowest BCUT2D eigenvalue weighted by molar-refractivity contribution is -0.115. The van der Waals surface area contributed by atoms with Gasteiger partial charge in [0.05, 0.1) is 17.2 Å². The molecule has 1 amide bonds. The predicted molar refractivity (Wildman–Crippen MR) is 95.1 cm³/mol. The first-order chi connectivity index (χ1) is 12.0. The number of halogens is 2. The number of aromatic nitrogens is 2. The number of methoxy groups -OCH3 is 1. The van der Waals surface area contributed by atoms with Crippen LogP contribution in [0.15, 0.2) is 47.0 Å². The summed E-state index contributed by atoms with van der Waals surface area (Å²) in [5, 5.41) is 7.36. The minimum Gasteiger partial charge on any atom is -0.497 e. The molecule has 0 aliphatic rings. The lowest BCUT2D eigenvalue weighted by atomic mass is 10.2. The van der Waals surface area contributed by atoms with E-state index in [0.717, 1.165) is 11.3 Å². The molecule has 3 rings (SSSR count). The molecule has 0 saturated carbocycles. The average Bonchev–Trinajstić information content (AvgIpc) is 3.06. The van der Waals surface area contributed by atoms with Gasteiger partial charge < -0.3 is 14.6 Å². The third kappa shape index (κ3) is 4.29. The maximum Gasteiger partial charge on any atom is 0.236 e. The summed E-state index contributed by atoms with van der Waals surface area (Å²) < 4.78 is 10.2. The van der Waals surface area contributed by atoms with E-state index in [1.54, 1.807) is 37.4 Å². The van der Waals surface area contributed by atoms with Crippen molar-refractivity contribution in [1.82, 2.24) is 10.1 Å². The molecule has 1 aromatic heterocycles. The summed E-state index contributed by atoms with van der Waals surface area (Å²) in [6.07, 6.45) is -0.0522. The third-order valence-corrected chi connectivity index (χ3v) is 4.07. The summed E-state index contributed by atoms with van der Waals surface area (Å²) in [5.41, 5.74) is 1.30. The zero-order chi connectivity index (χ0) is 17.8. The van der Waals surface area contributed by atoms with E-state index in [-0.39, 0.29) is 18.2 Å². The van der Waals surface area contributed by atoms with Crippen LogP contribution in [0.5, 0.6) is 5.75 Å². The molecular formula is C17H13Cl2N3O3. The summed E-state index contributed by atoms with van der Waals surface area (Å²) >= 11 is 11.8. The Kier molecular flexibility index (Phi) is 5.21. The van der Waals surface area contributed by atoms with Crippen molar-refractivity contribution in [3.63, 3.8) is 0 Å². The molecule has 0 aliphatic heterocycles. The maximum absolute atomic E-state index is 12.1. The highest BCUT2D eigenvalue weighted by atomic mass is 35.5. The summed E-state index contributed by atoms with van der Waals surface area (Å²) in [6.45, 7) is 0. The molecule has 0 unspecified atom stereocenters. The van der Waals surface area contributed by atoms with E-state index < -0.39 is 0 Å². The lowest BCUT2D eigenvalue weighted by Gasteiger charge is -2.04. The van der Waals surface area contributed by atoms with Gasteiger partial charge >= 0.3 is 0 Å². The van der Waals surface area contributed by atoms with Crippen LogP contribution < -0.4 is 10.1 Å². The van der Waals surface area contributed by atoms with Crippen LogP contribution in [0, 0.1) is 0 Å². The van der Waals surface area contributed by atoms with Crippen LogP contribution in [-0.4, -0.2) is 23.2 Å². The van der Waals surface area contributed by atoms with Crippen molar-refractivity contribution in [2.45, 2.75) is 6.42 Å². The minimum absolute atomic E-state index is 0.0522. The fourth-order valence-electron chi connectivity index (χ4n) is 2.10. The van der Waals surface area contributed by atoms with Gasteiger partial charge in [-0.1, -0.05) is 28.4 Å². The van der Waals surface area contributed by atoms with Crippen molar-refractivity contribution in [1.29, 1.82) is 0 Å². The van der Waals surface area contributed by atoms with Crippen molar-refractivity contribution in [3.05, 3.63) is 58.4 Å². The van der Waals surface area contributed by atoms with Crippen molar-refractivity contribution in [2.75, 3.05) is 12.4 Å².